The molecule has 0 atom stereocenters. The molecule has 0 spiro atoms. The highest BCUT2D eigenvalue weighted by atomic mass is 35.5. The van der Waals surface area contributed by atoms with Crippen LogP contribution in [0.25, 0.3) is 0 Å². The molecule has 1 heterocycles. The van der Waals surface area contributed by atoms with E-state index in [0.29, 0.717) is 6.42 Å². The summed E-state index contributed by atoms with van der Waals surface area (Å²) in [7, 11) is 1.91. The van der Waals surface area contributed by atoms with Crippen LogP contribution in [0.15, 0.2) is 0 Å². The first-order chi connectivity index (χ1) is 8.72. The maximum atomic E-state index is 11.8. The number of aryl methyl sites for hydroxylation is 1. The highest BCUT2D eigenvalue weighted by Crippen LogP contribution is 2.37. The Kier molecular flexibility index (Phi) is 6.83. The van der Waals surface area contributed by atoms with Crippen LogP contribution in [0.3, 0.4) is 0 Å². The minimum atomic E-state index is 0. The summed E-state index contributed by atoms with van der Waals surface area (Å²) >= 11 is 1.78. The third-order valence-corrected chi connectivity index (χ3v) is 4.83. The smallest absolute Gasteiger partial charge is 0.225 e. The van der Waals surface area contributed by atoms with Crippen molar-refractivity contribution in [1.82, 2.24) is 5.32 Å². The van der Waals surface area contributed by atoms with Crippen molar-refractivity contribution in [3.63, 3.8) is 0 Å². The molecule has 1 aliphatic rings. The van der Waals surface area contributed by atoms with E-state index in [-0.39, 0.29) is 18.3 Å². The molecular weight excluding hydrogens is 280 g/mol. The van der Waals surface area contributed by atoms with Crippen LogP contribution in [0, 0.1) is 6.92 Å². The molecular formula is C14H23ClN2OS. The van der Waals surface area contributed by atoms with E-state index in [1.54, 1.807) is 11.3 Å². The second kappa shape index (κ2) is 7.88. The molecule has 1 aromatic heterocycles. The van der Waals surface area contributed by atoms with Gasteiger partial charge in [-0.3, -0.25) is 4.79 Å². The van der Waals surface area contributed by atoms with Crippen LogP contribution < -0.4 is 10.6 Å². The fourth-order valence-corrected chi connectivity index (χ4v) is 3.77. The SMILES string of the molecule is CNCCCC(=O)Nc1sc2c(c1C)CCCC2.Cl. The van der Waals surface area contributed by atoms with Gasteiger partial charge < -0.3 is 10.6 Å². The molecule has 1 aliphatic carbocycles. The van der Waals surface area contributed by atoms with E-state index in [1.807, 2.05) is 7.05 Å². The summed E-state index contributed by atoms with van der Waals surface area (Å²) in [6.45, 7) is 3.04. The zero-order valence-electron chi connectivity index (χ0n) is 11.7. The number of anilines is 1. The van der Waals surface area contributed by atoms with Crippen molar-refractivity contribution < 1.29 is 4.79 Å². The minimum Gasteiger partial charge on any atom is -0.320 e. The minimum absolute atomic E-state index is 0. The average molecular weight is 303 g/mol. The third kappa shape index (κ3) is 4.20. The number of hydrogen-bond acceptors (Lipinski definition) is 3. The molecule has 0 bridgehead atoms. The molecule has 3 nitrogen and oxygen atoms in total. The van der Waals surface area contributed by atoms with Gasteiger partial charge in [-0.15, -0.1) is 23.7 Å². The van der Waals surface area contributed by atoms with E-state index in [4.69, 9.17) is 0 Å². The molecule has 0 unspecified atom stereocenters. The summed E-state index contributed by atoms with van der Waals surface area (Å²) in [5.41, 5.74) is 2.80. The van der Waals surface area contributed by atoms with Gasteiger partial charge in [0.2, 0.25) is 5.91 Å². The first-order valence-corrected chi connectivity index (χ1v) is 7.59. The Morgan fingerprint density at radius 1 is 1.32 bits per heavy atom. The van der Waals surface area contributed by atoms with Crippen LogP contribution in [0.5, 0.6) is 0 Å². The van der Waals surface area contributed by atoms with Gasteiger partial charge in [0.15, 0.2) is 0 Å². The van der Waals surface area contributed by atoms with Crippen molar-refractivity contribution in [2.75, 3.05) is 18.9 Å². The number of halogens is 1. The molecule has 5 heteroatoms. The van der Waals surface area contributed by atoms with Crippen LogP contribution in [0.1, 0.15) is 41.7 Å². The van der Waals surface area contributed by atoms with E-state index in [1.165, 1.54) is 41.7 Å². The summed E-state index contributed by atoms with van der Waals surface area (Å²) in [6, 6.07) is 0. The molecule has 2 N–H and O–H groups in total. The number of rotatable bonds is 5. The van der Waals surface area contributed by atoms with E-state index in [9.17, 15) is 4.79 Å². The molecule has 0 fully saturated rings. The highest BCUT2D eigenvalue weighted by molar-refractivity contribution is 7.16. The number of carbonyl (C=O) groups is 1. The Hall–Kier alpha value is -0.580. The fraction of sp³-hybridized carbons (Fsp3) is 0.643. The first-order valence-electron chi connectivity index (χ1n) is 6.78. The topological polar surface area (TPSA) is 41.1 Å². The van der Waals surface area contributed by atoms with Crippen LogP contribution in [0.4, 0.5) is 5.00 Å². The molecule has 1 amide bonds. The van der Waals surface area contributed by atoms with Gasteiger partial charge in [0, 0.05) is 11.3 Å². The van der Waals surface area contributed by atoms with E-state index in [2.05, 4.69) is 17.6 Å². The quantitative estimate of drug-likeness (QED) is 0.820. The largest absolute Gasteiger partial charge is 0.320 e. The van der Waals surface area contributed by atoms with Crippen LogP contribution >= 0.6 is 23.7 Å². The lowest BCUT2D eigenvalue weighted by Gasteiger charge is -2.10. The van der Waals surface area contributed by atoms with Crippen molar-refractivity contribution in [2.24, 2.45) is 0 Å². The number of nitrogens with one attached hydrogen (secondary N) is 2. The van der Waals surface area contributed by atoms with Crippen molar-refractivity contribution in [2.45, 2.75) is 45.4 Å². The van der Waals surface area contributed by atoms with E-state index in [0.717, 1.165) is 18.0 Å². The fourth-order valence-electron chi connectivity index (χ4n) is 2.46. The Morgan fingerprint density at radius 3 is 2.74 bits per heavy atom. The third-order valence-electron chi connectivity index (χ3n) is 3.52. The molecule has 1 aromatic rings. The summed E-state index contributed by atoms with van der Waals surface area (Å²) in [5, 5.41) is 7.22. The van der Waals surface area contributed by atoms with Crippen LogP contribution in [0.2, 0.25) is 0 Å². The zero-order chi connectivity index (χ0) is 13.0. The Morgan fingerprint density at radius 2 is 2.05 bits per heavy atom. The predicted molar refractivity (Wildman–Crippen MR) is 84.7 cm³/mol. The van der Waals surface area contributed by atoms with Gasteiger partial charge in [-0.05, 0) is 63.7 Å². The lowest BCUT2D eigenvalue weighted by Crippen LogP contribution is -2.15. The monoisotopic (exact) mass is 302 g/mol. The average Bonchev–Trinajstić information content (AvgIpc) is 2.67. The summed E-state index contributed by atoms with van der Waals surface area (Å²) < 4.78 is 0. The van der Waals surface area contributed by atoms with Crippen molar-refractivity contribution in [3.8, 4) is 0 Å². The maximum Gasteiger partial charge on any atom is 0.225 e. The molecule has 0 aromatic carbocycles. The van der Waals surface area contributed by atoms with Gasteiger partial charge in [0.1, 0.15) is 0 Å². The summed E-state index contributed by atoms with van der Waals surface area (Å²) in [6.07, 6.45) is 6.46. The predicted octanol–water partition coefficient (Wildman–Crippen LogP) is 3.30. The zero-order valence-corrected chi connectivity index (χ0v) is 13.3. The molecule has 0 saturated heterocycles. The summed E-state index contributed by atoms with van der Waals surface area (Å²) in [4.78, 5) is 13.3. The lowest BCUT2D eigenvalue weighted by atomic mass is 9.96. The normalized spacial score (nSPS) is 13.6. The maximum absolute atomic E-state index is 11.8. The van der Waals surface area contributed by atoms with Crippen molar-refractivity contribution in [1.29, 1.82) is 0 Å². The van der Waals surface area contributed by atoms with E-state index >= 15 is 0 Å². The van der Waals surface area contributed by atoms with Gasteiger partial charge in [-0.2, -0.15) is 0 Å². The second-order valence-corrected chi connectivity index (χ2v) is 6.03. The molecule has 0 aliphatic heterocycles. The number of hydrogen-bond donors (Lipinski definition) is 2. The van der Waals surface area contributed by atoms with Gasteiger partial charge in [0.25, 0.3) is 0 Å². The number of carbonyl (C=O) groups excluding carboxylic acids is 1. The molecule has 0 radical (unpaired) electrons. The Balaban J connectivity index is 0.00000180. The Labute approximate surface area is 125 Å². The van der Waals surface area contributed by atoms with Crippen LogP contribution in [-0.2, 0) is 17.6 Å². The van der Waals surface area contributed by atoms with Crippen molar-refractivity contribution >= 4 is 34.7 Å². The van der Waals surface area contributed by atoms with Crippen molar-refractivity contribution in [3.05, 3.63) is 16.0 Å². The first kappa shape index (κ1) is 16.5. The van der Waals surface area contributed by atoms with Gasteiger partial charge in [-0.1, -0.05) is 0 Å². The standard InChI is InChI=1S/C14H22N2OS.ClH/c1-10-11-6-3-4-7-12(11)18-14(10)16-13(17)8-5-9-15-2;/h15H,3-9H2,1-2H3,(H,16,17);1H. The lowest BCUT2D eigenvalue weighted by molar-refractivity contribution is -0.116. The van der Waals surface area contributed by atoms with Gasteiger partial charge in [-0.25, -0.2) is 0 Å². The van der Waals surface area contributed by atoms with Crippen LogP contribution in [-0.4, -0.2) is 19.5 Å². The van der Waals surface area contributed by atoms with Gasteiger partial charge >= 0.3 is 0 Å². The number of thiophene rings is 1. The molecule has 108 valence electrons. The highest BCUT2D eigenvalue weighted by Gasteiger charge is 2.18. The molecule has 2 rings (SSSR count). The number of fused-ring (bicyclic) bond motifs is 1. The second-order valence-electron chi connectivity index (χ2n) is 4.92. The molecule has 0 saturated carbocycles. The Bertz CT molecular complexity index is 431. The molecule has 19 heavy (non-hydrogen) atoms. The number of amides is 1. The van der Waals surface area contributed by atoms with Gasteiger partial charge in [0.05, 0.1) is 5.00 Å². The van der Waals surface area contributed by atoms with E-state index < -0.39 is 0 Å². The summed E-state index contributed by atoms with van der Waals surface area (Å²) in [5.74, 6) is 0.145.